The minimum absolute atomic E-state index is 0.0832. The van der Waals surface area contributed by atoms with Crippen LogP contribution in [0.4, 0.5) is 4.79 Å². The van der Waals surface area contributed by atoms with Crippen LogP contribution >= 0.6 is 15.9 Å². The number of pyridine rings is 1. The fourth-order valence-electron chi connectivity index (χ4n) is 1.84. The number of rotatable bonds is 2. The molecule has 94 valence electrons. The van der Waals surface area contributed by atoms with Crippen LogP contribution in [-0.2, 0) is 6.42 Å². The number of H-pyrrole nitrogens is 1. The summed E-state index contributed by atoms with van der Waals surface area (Å²) in [5, 5.41) is 9.09. The molecule has 0 bridgehead atoms. The molecule has 0 saturated heterocycles. The molecule has 18 heavy (non-hydrogen) atoms. The summed E-state index contributed by atoms with van der Waals surface area (Å²) in [5.41, 5.74) is 1.18. The van der Waals surface area contributed by atoms with Crippen LogP contribution in [-0.4, -0.2) is 16.2 Å². The van der Waals surface area contributed by atoms with Crippen molar-refractivity contribution in [2.75, 3.05) is 0 Å². The molecule has 0 radical (unpaired) electrons. The largest absolute Gasteiger partial charge is 0.512 e. The minimum atomic E-state index is -1.46. The van der Waals surface area contributed by atoms with E-state index in [2.05, 4.69) is 25.7 Å². The lowest BCUT2D eigenvalue weighted by Crippen LogP contribution is -2.10. The zero-order valence-corrected chi connectivity index (χ0v) is 11.1. The Labute approximate surface area is 111 Å². The van der Waals surface area contributed by atoms with Crippen molar-refractivity contribution >= 4 is 33.0 Å². The zero-order chi connectivity index (χ0) is 13.3. The van der Waals surface area contributed by atoms with Gasteiger partial charge in [0.25, 0.3) is 0 Å². The van der Waals surface area contributed by atoms with Crippen LogP contribution in [0.1, 0.15) is 12.5 Å². The third kappa shape index (κ3) is 2.38. The van der Waals surface area contributed by atoms with Gasteiger partial charge in [-0.25, -0.2) is 4.79 Å². The fourth-order valence-corrected chi connectivity index (χ4v) is 2.35. The molecular weight excluding hydrogens is 302 g/mol. The molecule has 5 nitrogen and oxygen atoms in total. The van der Waals surface area contributed by atoms with E-state index in [4.69, 9.17) is 5.11 Å². The lowest BCUT2D eigenvalue weighted by molar-refractivity contribution is 0.142. The van der Waals surface area contributed by atoms with Crippen molar-refractivity contribution in [3.05, 3.63) is 38.5 Å². The summed E-state index contributed by atoms with van der Waals surface area (Å²) in [4.78, 5) is 25.2. The average Bonchev–Trinajstić information content (AvgIpc) is 2.25. The van der Waals surface area contributed by atoms with Crippen LogP contribution in [0.25, 0.3) is 10.9 Å². The van der Waals surface area contributed by atoms with E-state index in [1.54, 1.807) is 6.07 Å². The molecule has 0 amide bonds. The summed E-state index contributed by atoms with van der Waals surface area (Å²) in [6.45, 7) is 1.95. The quantitative estimate of drug-likeness (QED) is 0.836. The number of halogens is 1. The van der Waals surface area contributed by atoms with Gasteiger partial charge in [0.2, 0.25) is 5.88 Å². The van der Waals surface area contributed by atoms with Crippen molar-refractivity contribution < 1.29 is 14.6 Å². The molecule has 0 spiro atoms. The number of fused-ring (bicyclic) bond motifs is 1. The number of aromatic nitrogens is 1. The number of aryl methyl sites for hydroxylation is 1. The van der Waals surface area contributed by atoms with E-state index in [1.807, 2.05) is 13.0 Å². The highest BCUT2D eigenvalue weighted by Crippen LogP contribution is 2.22. The first-order valence-electron chi connectivity index (χ1n) is 5.27. The summed E-state index contributed by atoms with van der Waals surface area (Å²) >= 11 is 3.34. The van der Waals surface area contributed by atoms with Gasteiger partial charge in [-0.2, -0.15) is 0 Å². The maximum absolute atomic E-state index is 12.0. The lowest BCUT2D eigenvalue weighted by Gasteiger charge is -2.07. The van der Waals surface area contributed by atoms with Gasteiger partial charge in [-0.3, -0.25) is 4.79 Å². The first-order chi connectivity index (χ1) is 8.51. The maximum atomic E-state index is 12.0. The van der Waals surface area contributed by atoms with Crippen LogP contribution in [0.3, 0.4) is 0 Å². The Kier molecular flexibility index (Phi) is 3.38. The van der Waals surface area contributed by atoms with Crippen molar-refractivity contribution in [2.24, 2.45) is 0 Å². The number of nitrogens with one attached hydrogen (secondary N) is 1. The van der Waals surface area contributed by atoms with Crippen molar-refractivity contribution in [2.45, 2.75) is 13.3 Å². The topological polar surface area (TPSA) is 79.4 Å². The van der Waals surface area contributed by atoms with E-state index >= 15 is 0 Å². The lowest BCUT2D eigenvalue weighted by atomic mass is 10.1. The highest BCUT2D eigenvalue weighted by atomic mass is 79.9. The Hall–Kier alpha value is -1.82. The van der Waals surface area contributed by atoms with Crippen molar-refractivity contribution in [3.8, 4) is 5.88 Å². The van der Waals surface area contributed by atoms with Gasteiger partial charge < -0.3 is 14.8 Å². The van der Waals surface area contributed by atoms with E-state index < -0.39 is 6.16 Å². The first-order valence-corrected chi connectivity index (χ1v) is 6.06. The first kappa shape index (κ1) is 12.6. The minimum Gasteiger partial charge on any atom is -0.449 e. The molecule has 0 atom stereocenters. The van der Waals surface area contributed by atoms with Crippen LogP contribution < -0.4 is 10.2 Å². The van der Waals surface area contributed by atoms with E-state index in [9.17, 15) is 9.59 Å². The number of hydrogen-bond donors (Lipinski definition) is 2. The number of carbonyl (C=O) groups is 1. The van der Waals surface area contributed by atoms with Crippen molar-refractivity contribution in [1.82, 2.24) is 4.98 Å². The molecule has 2 rings (SSSR count). The summed E-state index contributed by atoms with van der Waals surface area (Å²) in [7, 11) is 0. The van der Waals surface area contributed by atoms with Gasteiger partial charge in [0, 0.05) is 15.9 Å². The van der Waals surface area contributed by atoms with Gasteiger partial charge >= 0.3 is 6.16 Å². The number of ether oxygens (including phenoxy) is 1. The third-order valence-electron chi connectivity index (χ3n) is 2.53. The number of aromatic amines is 1. The van der Waals surface area contributed by atoms with Gasteiger partial charge in [-0.15, -0.1) is 0 Å². The number of benzene rings is 1. The third-order valence-corrected chi connectivity index (χ3v) is 2.99. The average molecular weight is 312 g/mol. The normalized spacial score (nSPS) is 10.6. The highest BCUT2D eigenvalue weighted by Gasteiger charge is 2.10. The van der Waals surface area contributed by atoms with Gasteiger partial charge in [-0.1, -0.05) is 22.9 Å². The second kappa shape index (κ2) is 4.81. The Morgan fingerprint density at radius 3 is 2.78 bits per heavy atom. The predicted molar refractivity (Wildman–Crippen MR) is 70.3 cm³/mol. The fraction of sp³-hybridized carbons (Fsp3) is 0.167. The summed E-state index contributed by atoms with van der Waals surface area (Å²) in [5.74, 6) is -0.0832. The SMILES string of the molecule is CCc1cc(Br)cc2[nH]c(OC(=O)O)cc(=O)c12. The van der Waals surface area contributed by atoms with Crippen molar-refractivity contribution in [1.29, 1.82) is 0 Å². The Balaban J connectivity index is 2.73. The molecule has 1 heterocycles. The highest BCUT2D eigenvalue weighted by molar-refractivity contribution is 9.10. The second-order valence-electron chi connectivity index (χ2n) is 3.71. The van der Waals surface area contributed by atoms with Gasteiger partial charge in [0.15, 0.2) is 5.43 Å². The van der Waals surface area contributed by atoms with Gasteiger partial charge in [0.05, 0.1) is 5.52 Å². The molecule has 0 aliphatic carbocycles. The van der Waals surface area contributed by atoms with E-state index in [-0.39, 0.29) is 11.3 Å². The Morgan fingerprint density at radius 1 is 1.44 bits per heavy atom. The van der Waals surface area contributed by atoms with Crippen LogP contribution in [0.5, 0.6) is 5.88 Å². The monoisotopic (exact) mass is 311 g/mol. The molecule has 2 N–H and O–H groups in total. The summed E-state index contributed by atoms with van der Waals surface area (Å²) in [6.07, 6.45) is -0.756. The van der Waals surface area contributed by atoms with Gasteiger partial charge in [-0.05, 0) is 24.1 Å². The smallest absolute Gasteiger partial charge is 0.449 e. The molecule has 0 aliphatic rings. The molecular formula is C12H10BrNO4. The zero-order valence-electron chi connectivity index (χ0n) is 9.49. The Bertz CT molecular complexity index is 678. The van der Waals surface area contributed by atoms with Crippen LogP contribution in [0.15, 0.2) is 27.5 Å². The van der Waals surface area contributed by atoms with E-state index in [0.717, 1.165) is 16.1 Å². The number of hydrogen-bond acceptors (Lipinski definition) is 3. The molecule has 1 aromatic heterocycles. The molecule has 0 unspecified atom stereocenters. The Morgan fingerprint density at radius 2 is 2.17 bits per heavy atom. The second-order valence-corrected chi connectivity index (χ2v) is 4.62. The molecule has 2 aromatic rings. The molecule has 6 heteroatoms. The summed E-state index contributed by atoms with van der Waals surface area (Å²) < 4.78 is 5.28. The predicted octanol–water partition coefficient (Wildman–Crippen LogP) is 2.91. The molecule has 0 fully saturated rings. The van der Waals surface area contributed by atoms with E-state index in [1.165, 1.54) is 0 Å². The van der Waals surface area contributed by atoms with E-state index in [0.29, 0.717) is 17.3 Å². The van der Waals surface area contributed by atoms with Crippen LogP contribution in [0.2, 0.25) is 0 Å². The summed E-state index contributed by atoms with van der Waals surface area (Å²) in [6, 6.07) is 4.73. The van der Waals surface area contributed by atoms with Gasteiger partial charge in [0.1, 0.15) is 0 Å². The van der Waals surface area contributed by atoms with Crippen LogP contribution in [0, 0.1) is 0 Å². The van der Waals surface area contributed by atoms with Crippen molar-refractivity contribution in [3.63, 3.8) is 0 Å². The number of carboxylic acid groups (broad SMARTS) is 1. The molecule has 0 aliphatic heterocycles. The standard InChI is InChI=1S/C12H10BrNO4/c1-2-6-3-7(13)4-8-11(6)9(15)5-10(14-8)18-12(16)17/h3-5H,2H2,1H3,(H,14,15)(H,16,17). The molecule has 0 saturated carbocycles. The molecule has 1 aromatic carbocycles. The maximum Gasteiger partial charge on any atom is 0.512 e.